The highest BCUT2D eigenvalue weighted by atomic mass is 16.4. The first-order chi connectivity index (χ1) is 7.91. The zero-order chi connectivity index (χ0) is 13.0. The SMILES string of the molecule is CC(CC(N)=O)NCc1c(C(=O)O)cnn1C. The third-order valence-electron chi connectivity index (χ3n) is 2.42. The van der Waals surface area contributed by atoms with Crippen molar-refractivity contribution in [1.82, 2.24) is 15.1 Å². The molecule has 1 heterocycles. The summed E-state index contributed by atoms with van der Waals surface area (Å²) in [7, 11) is 1.67. The number of aromatic nitrogens is 2. The number of aromatic carboxylic acids is 1. The number of hydrogen-bond donors (Lipinski definition) is 3. The van der Waals surface area contributed by atoms with Crippen LogP contribution in [0.4, 0.5) is 0 Å². The molecule has 0 aliphatic carbocycles. The van der Waals surface area contributed by atoms with Gasteiger partial charge in [-0.3, -0.25) is 9.48 Å². The second kappa shape index (κ2) is 5.44. The molecular weight excluding hydrogens is 224 g/mol. The molecule has 0 aromatic carbocycles. The standard InChI is InChI=1S/C10H16N4O3/c1-6(3-9(11)15)12-5-8-7(10(16)17)4-13-14(8)2/h4,6,12H,3,5H2,1-2H3,(H2,11,15)(H,16,17). The average molecular weight is 240 g/mol. The number of carboxylic acids is 1. The van der Waals surface area contributed by atoms with Gasteiger partial charge in [0.05, 0.1) is 11.9 Å². The molecule has 1 rings (SSSR count). The molecule has 17 heavy (non-hydrogen) atoms. The lowest BCUT2D eigenvalue weighted by molar-refractivity contribution is -0.118. The molecule has 1 amide bonds. The lowest BCUT2D eigenvalue weighted by Crippen LogP contribution is -2.31. The van der Waals surface area contributed by atoms with Crippen molar-refractivity contribution in [3.63, 3.8) is 0 Å². The van der Waals surface area contributed by atoms with Gasteiger partial charge in [0, 0.05) is 26.1 Å². The van der Waals surface area contributed by atoms with Gasteiger partial charge in [0.25, 0.3) is 0 Å². The zero-order valence-corrected chi connectivity index (χ0v) is 9.80. The molecule has 0 saturated heterocycles. The molecule has 0 aliphatic heterocycles. The molecular formula is C10H16N4O3. The fourth-order valence-corrected chi connectivity index (χ4v) is 1.50. The maximum Gasteiger partial charge on any atom is 0.339 e. The minimum Gasteiger partial charge on any atom is -0.478 e. The van der Waals surface area contributed by atoms with Crippen LogP contribution in [0.3, 0.4) is 0 Å². The van der Waals surface area contributed by atoms with E-state index in [2.05, 4.69) is 10.4 Å². The first-order valence-electron chi connectivity index (χ1n) is 5.17. The molecule has 7 nitrogen and oxygen atoms in total. The molecule has 7 heteroatoms. The van der Waals surface area contributed by atoms with Gasteiger partial charge in [0.15, 0.2) is 0 Å². The number of nitrogens with two attached hydrogens (primary N) is 1. The molecule has 1 unspecified atom stereocenters. The van der Waals surface area contributed by atoms with E-state index in [0.717, 1.165) is 0 Å². The van der Waals surface area contributed by atoms with E-state index in [-0.39, 0.29) is 18.0 Å². The summed E-state index contributed by atoms with van der Waals surface area (Å²) in [4.78, 5) is 21.6. The van der Waals surface area contributed by atoms with E-state index in [1.807, 2.05) is 6.92 Å². The van der Waals surface area contributed by atoms with Gasteiger partial charge in [-0.15, -0.1) is 0 Å². The predicted octanol–water partition coefficient (Wildman–Crippen LogP) is -0.528. The van der Waals surface area contributed by atoms with Crippen LogP contribution in [0, 0.1) is 0 Å². The van der Waals surface area contributed by atoms with Gasteiger partial charge < -0.3 is 16.2 Å². The Hall–Kier alpha value is -1.89. The minimum atomic E-state index is -1.02. The highest BCUT2D eigenvalue weighted by Crippen LogP contribution is 2.07. The Morgan fingerprint density at radius 2 is 2.29 bits per heavy atom. The van der Waals surface area contributed by atoms with Gasteiger partial charge in [-0.2, -0.15) is 5.10 Å². The van der Waals surface area contributed by atoms with Gasteiger partial charge in [-0.25, -0.2) is 4.79 Å². The van der Waals surface area contributed by atoms with E-state index in [4.69, 9.17) is 10.8 Å². The molecule has 0 radical (unpaired) electrons. The fourth-order valence-electron chi connectivity index (χ4n) is 1.50. The van der Waals surface area contributed by atoms with E-state index < -0.39 is 11.9 Å². The largest absolute Gasteiger partial charge is 0.478 e. The van der Waals surface area contributed by atoms with Crippen molar-refractivity contribution in [2.75, 3.05) is 0 Å². The minimum absolute atomic E-state index is 0.107. The van der Waals surface area contributed by atoms with Crippen LogP contribution in [0.25, 0.3) is 0 Å². The van der Waals surface area contributed by atoms with Gasteiger partial charge in [-0.05, 0) is 6.92 Å². The number of carbonyl (C=O) groups excluding carboxylic acids is 1. The molecule has 0 bridgehead atoms. The normalized spacial score (nSPS) is 12.4. The first kappa shape index (κ1) is 13.2. The zero-order valence-electron chi connectivity index (χ0n) is 9.80. The van der Waals surface area contributed by atoms with Crippen molar-refractivity contribution in [2.45, 2.75) is 25.9 Å². The fraction of sp³-hybridized carbons (Fsp3) is 0.500. The van der Waals surface area contributed by atoms with E-state index in [1.165, 1.54) is 10.9 Å². The third-order valence-corrected chi connectivity index (χ3v) is 2.42. The van der Waals surface area contributed by atoms with E-state index in [0.29, 0.717) is 12.2 Å². The second-order valence-electron chi connectivity index (χ2n) is 3.89. The molecule has 0 fully saturated rings. The number of hydrogen-bond acceptors (Lipinski definition) is 4. The molecule has 0 aliphatic rings. The van der Waals surface area contributed by atoms with Crippen LogP contribution in [-0.4, -0.2) is 32.8 Å². The smallest absolute Gasteiger partial charge is 0.339 e. The highest BCUT2D eigenvalue weighted by Gasteiger charge is 2.15. The summed E-state index contributed by atoms with van der Waals surface area (Å²) in [6, 6.07) is -0.107. The average Bonchev–Trinajstić information content (AvgIpc) is 2.55. The number of primary amides is 1. The first-order valence-corrected chi connectivity index (χ1v) is 5.17. The third kappa shape index (κ3) is 3.56. The maximum atomic E-state index is 10.9. The lowest BCUT2D eigenvalue weighted by Gasteiger charge is -2.12. The van der Waals surface area contributed by atoms with Crippen LogP contribution in [0.5, 0.6) is 0 Å². The Kier molecular flexibility index (Phi) is 4.22. The van der Waals surface area contributed by atoms with Gasteiger partial charge in [-0.1, -0.05) is 0 Å². The van der Waals surface area contributed by atoms with Crippen LogP contribution in [0.2, 0.25) is 0 Å². The van der Waals surface area contributed by atoms with Crippen molar-refractivity contribution in [3.05, 3.63) is 17.5 Å². The van der Waals surface area contributed by atoms with Crippen molar-refractivity contribution in [2.24, 2.45) is 12.8 Å². The van der Waals surface area contributed by atoms with E-state index >= 15 is 0 Å². The van der Waals surface area contributed by atoms with E-state index in [1.54, 1.807) is 7.05 Å². The summed E-state index contributed by atoms with van der Waals surface area (Å²) in [5.41, 5.74) is 5.78. The predicted molar refractivity (Wildman–Crippen MR) is 60.3 cm³/mol. The van der Waals surface area contributed by atoms with Crippen molar-refractivity contribution >= 4 is 11.9 Å². The summed E-state index contributed by atoms with van der Waals surface area (Å²) in [6.07, 6.45) is 1.51. The number of aryl methyl sites for hydroxylation is 1. The molecule has 0 saturated carbocycles. The van der Waals surface area contributed by atoms with Gasteiger partial charge >= 0.3 is 5.97 Å². The Labute approximate surface area is 98.6 Å². The van der Waals surface area contributed by atoms with Crippen LogP contribution in [0.1, 0.15) is 29.4 Å². The summed E-state index contributed by atoms with van der Waals surface area (Å²) in [6.45, 7) is 2.13. The molecule has 0 spiro atoms. The van der Waals surface area contributed by atoms with Crippen LogP contribution in [0.15, 0.2) is 6.20 Å². The highest BCUT2D eigenvalue weighted by molar-refractivity contribution is 5.88. The van der Waals surface area contributed by atoms with Crippen LogP contribution < -0.4 is 11.1 Å². The lowest BCUT2D eigenvalue weighted by atomic mass is 10.2. The van der Waals surface area contributed by atoms with E-state index in [9.17, 15) is 9.59 Å². The number of carbonyl (C=O) groups is 2. The van der Waals surface area contributed by atoms with Crippen molar-refractivity contribution < 1.29 is 14.7 Å². The topological polar surface area (TPSA) is 110 Å². The number of rotatable bonds is 6. The van der Waals surface area contributed by atoms with Crippen molar-refractivity contribution in [1.29, 1.82) is 0 Å². The Morgan fingerprint density at radius 1 is 1.65 bits per heavy atom. The second-order valence-corrected chi connectivity index (χ2v) is 3.89. The Bertz CT molecular complexity index is 427. The maximum absolute atomic E-state index is 10.9. The molecule has 1 aromatic heterocycles. The quantitative estimate of drug-likeness (QED) is 0.619. The molecule has 4 N–H and O–H groups in total. The Balaban J connectivity index is 2.65. The van der Waals surface area contributed by atoms with Crippen molar-refractivity contribution in [3.8, 4) is 0 Å². The van der Waals surface area contributed by atoms with Crippen LogP contribution in [-0.2, 0) is 18.4 Å². The molecule has 1 atom stereocenters. The summed E-state index contributed by atoms with van der Waals surface area (Å²) >= 11 is 0. The summed E-state index contributed by atoms with van der Waals surface area (Å²) in [5, 5.41) is 15.8. The summed E-state index contributed by atoms with van der Waals surface area (Å²) in [5.74, 6) is -1.41. The number of amides is 1. The Morgan fingerprint density at radius 3 is 2.82 bits per heavy atom. The summed E-state index contributed by atoms with van der Waals surface area (Å²) < 4.78 is 1.49. The number of nitrogens with one attached hydrogen (secondary N) is 1. The monoisotopic (exact) mass is 240 g/mol. The number of carboxylic acid groups (broad SMARTS) is 1. The van der Waals surface area contributed by atoms with Gasteiger partial charge in [0.2, 0.25) is 5.91 Å². The number of nitrogens with zero attached hydrogens (tertiary/aromatic N) is 2. The van der Waals surface area contributed by atoms with Crippen LogP contribution >= 0.6 is 0 Å². The molecule has 1 aromatic rings. The molecule has 94 valence electrons. The van der Waals surface area contributed by atoms with Gasteiger partial charge in [0.1, 0.15) is 5.56 Å².